The van der Waals surface area contributed by atoms with Crippen molar-refractivity contribution in [1.29, 1.82) is 0 Å². The van der Waals surface area contributed by atoms with E-state index in [-0.39, 0.29) is 5.91 Å². The summed E-state index contributed by atoms with van der Waals surface area (Å²) in [5.74, 6) is 0.608. The average Bonchev–Trinajstić information content (AvgIpc) is 2.87. The maximum Gasteiger partial charge on any atom is 0.220 e. The van der Waals surface area contributed by atoms with Gasteiger partial charge in [-0.2, -0.15) is 0 Å². The fourth-order valence-corrected chi connectivity index (χ4v) is 3.23. The number of thiophene rings is 1. The summed E-state index contributed by atoms with van der Waals surface area (Å²) in [5.41, 5.74) is 0. The first-order valence-electron chi connectivity index (χ1n) is 5.41. The molecule has 1 aliphatic carbocycles. The number of nitrogens with one attached hydrogen (secondary N) is 1. The molecule has 4 heteroatoms. The van der Waals surface area contributed by atoms with Crippen molar-refractivity contribution in [2.75, 3.05) is 0 Å². The van der Waals surface area contributed by atoms with Crippen molar-refractivity contribution < 1.29 is 4.79 Å². The molecular weight excluding hydrogens is 286 g/mol. The van der Waals surface area contributed by atoms with Crippen LogP contribution in [0.15, 0.2) is 28.1 Å². The van der Waals surface area contributed by atoms with Crippen LogP contribution in [0.5, 0.6) is 0 Å². The first-order valence-corrected chi connectivity index (χ1v) is 7.02. The molecule has 0 fully saturated rings. The van der Waals surface area contributed by atoms with Gasteiger partial charge in [0.25, 0.3) is 0 Å². The van der Waals surface area contributed by atoms with Gasteiger partial charge in [-0.05, 0) is 46.8 Å². The Kier molecular flexibility index (Phi) is 4.18. The van der Waals surface area contributed by atoms with Crippen LogP contribution in [0, 0.1) is 5.92 Å². The summed E-state index contributed by atoms with van der Waals surface area (Å²) in [6.07, 6.45) is 7.19. The molecule has 1 aromatic rings. The molecule has 1 atom stereocenters. The third kappa shape index (κ3) is 3.46. The van der Waals surface area contributed by atoms with Crippen molar-refractivity contribution in [3.63, 3.8) is 0 Å². The van der Waals surface area contributed by atoms with E-state index in [0.29, 0.717) is 18.9 Å². The molecule has 0 bridgehead atoms. The van der Waals surface area contributed by atoms with Crippen LogP contribution in [0.4, 0.5) is 0 Å². The van der Waals surface area contributed by atoms with Gasteiger partial charge in [0.2, 0.25) is 5.91 Å². The third-order valence-electron chi connectivity index (χ3n) is 2.65. The Morgan fingerprint density at radius 3 is 3.06 bits per heavy atom. The fourth-order valence-electron chi connectivity index (χ4n) is 1.81. The maximum absolute atomic E-state index is 11.6. The minimum atomic E-state index is 0.154. The zero-order valence-corrected chi connectivity index (χ0v) is 11.3. The Balaban J connectivity index is 1.73. The number of hydrogen-bond acceptors (Lipinski definition) is 2. The molecule has 2 nitrogen and oxygen atoms in total. The van der Waals surface area contributed by atoms with Gasteiger partial charge in [0.15, 0.2) is 0 Å². The van der Waals surface area contributed by atoms with E-state index in [0.717, 1.165) is 16.6 Å². The molecule has 86 valence electrons. The van der Waals surface area contributed by atoms with Crippen LogP contribution in [0.1, 0.15) is 24.1 Å². The lowest BCUT2D eigenvalue weighted by molar-refractivity contribution is -0.121. The summed E-state index contributed by atoms with van der Waals surface area (Å²) in [7, 11) is 0. The Morgan fingerprint density at radius 2 is 2.44 bits per heavy atom. The standard InChI is InChI=1S/C12H14BrNOS/c13-11-6-5-10(16-11)8-14-12(15)7-9-3-1-2-4-9/h1,3,5-6,9H,2,4,7-8H2,(H,14,15)/t9-/m1/s1. The molecule has 1 amide bonds. The van der Waals surface area contributed by atoms with Crippen molar-refractivity contribution in [3.05, 3.63) is 32.9 Å². The summed E-state index contributed by atoms with van der Waals surface area (Å²) in [5, 5.41) is 2.96. The molecule has 0 aromatic carbocycles. The van der Waals surface area contributed by atoms with Crippen LogP contribution in [-0.4, -0.2) is 5.91 Å². The van der Waals surface area contributed by atoms with Crippen LogP contribution in [0.3, 0.4) is 0 Å². The van der Waals surface area contributed by atoms with Gasteiger partial charge in [-0.1, -0.05) is 12.2 Å². The molecule has 1 heterocycles. The highest BCUT2D eigenvalue weighted by atomic mass is 79.9. The molecule has 16 heavy (non-hydrogen) atoms. The molecule has 0 unspecified atom stereocenters. The number of rotatable bonds is 4. The van der Waals surface area contributed by atoms with E-state index in [4.69, 9.17) is 0 Å². The maximum atomic E-state index is 11.6. The first kappa shape index (κ1) is 11.9. The van der Waals surface area contributed by atoms with Gasteiger partial charge in [-0.3, -0.25) is 4.79 Å². The number of amides is 1. The van der Waals surface area contributed by atoms with Crippen LogP contribution in [0.2, 0.25) is 0 Å². The van der Waals surface area contributed by atoms with E-state index >= 15 is 0 Å². The topological polar surface area (TPSA) is 29.1 Å². The second-order valence-corrected chi connectivity index (χ2v) is 6.50. The van der Waals surface area contributed by atoms with Crippen molar-refractivity contribution in [2.45, 2.75) is 25.8 Å². The quantitative estimate of drug-likeness (QED) is 0.847. The molecule has 1 aliphatic rings. The van der Waals surface area contributed by atoms with Gasteiger partial charge in [-0.25, -0.2) is 0 Å². The number of halogens is 1. The molecule has 0 radical (unpaired) electrons. The van der Waals surface area contributed by atoms with Crippen LogP contribution in [0.25, 0.3) is 0 Å². The highest BCUT2D eigenvalue weighted by molar-refractivity contribution is 9.11. The summed E-state index contributed by atoms with van der Waals surface area (Å²) < 4.78 is 1.11. The van der Waals surface area contributed by atoms with Gasteiger partial charge >= 0.3 is 0 Å². The summed E-state index contributed by atoms with van der Waals surface area (Å²) in [6, 6.07) is 4.04. The molecule has 0 aliphatic heterocycles. The van der Waals surface area contributed by atoms with Crippen molar-refractivity contribution in [1.82, 2.24) is 5.32 Å². The zero-order valence-electron chi connectivity index (χ0n) is 8.91. The van der Waals surface area contributed by atoms with Crippen molar-refractivity contribution in [2.24, 2.45) is 5.92 Å². The largest absolute Gasteiger partial charge is 0.351 e. The van der Waals surface area contributed by atoms with Gasteiger partial charge in [-0.15, -0.1) is 11.3 Å². The Morgan fingerprint density at radius 1 is 1.56 bits per heavy atom. The smallest absolute Gasteiger partial charge is 0.220 e. The molecular formula is C12H14BrNOS. The zero-order chi connectivity index (χ0) is 11.4. The molecule has 1 N–H and O–H groups in total. The summed E-state index contributed by atoms with van der Waals surface area (Å²) >= 11 is 5.07. The second kappa shape index (κ2) is 5.64. The lowest BCUT2D eigenvalue weighted by Crippen LogP contribution is -2.23. The SMILES string of the molecule is O=C(C[C@@H]1C=CCC1)NCc1ccc(Br)s1. The highest BCUT2D eigenvalue weighted by Gasteiger charge is 2.13. The number of carbonyl (C=O) groups excluding carboxylic acids is 1. The molecule has 0 spiro atoms. The molecule has 2 rings (SSSR count). The Hall–Kier alpha value is -0.610. The van der Waals surface area contributed by atoms with Crippen LogP contribution >= 0.6 is 27.3 Å². The minimum Gasteiger partial charge on any atom is -0.351 e. The summed E-state index contributed by atoms with van der Waals surface area (Å²) in [4.78, 5) is 12.8. The van der Waals surface area contributed by atoms with E-state index in [2.05, 4.69) is 33.4 Å². The van der Waals surface area contributed by atoms with E-state index in [1.807, 2.05) is 12.1 Å². The Labute approximate surface area is 108 Å². The third-order valence-corrected chi connectivity index (χ3v) is 4.27. The van der Waals surface area contributed by atoms with Gasteiger partial charge in [0, 0.05) is 11.3 Å². The first-order chi connectivity index (χ1) is 7.74. The number of allylic oxidation sites excluding steroid dienone is 2. The van der Waals surface area contributed by atoms with Crippen molar-refractivity contribution >= 4 is 33.2 Å². The van der Waals surface area contributed by atoms with Gasteiger partial charge in [0.1, 0.15) is 0 Å². The van der Waals surface area contributed by atoms with E-state index in [9.17, 15) is 4.79 Å². The van der Waals surface area contributed by atoms with E-state index < -0.39 is 0 Å². The van der Waals surface area contributed by atoms with E-state index in [1.54, 1.807) is 11.3 Å². The second-order valence-electron chi connectivity index (χ2n) is 3.95. The van der Waals surface area contributed by atoms with Gasteiger partial charge < -0.3 is 5.32 Å². The minimum absolute atomic E-state index is 0.154. The molecule has 0 saturated carbocycles. The number of carbonyl (C=O) groups is 1. The molecule has 0 saturated heterocycles. The van der Waals surface area contributed by atoms with Crippen molar-refractivity contribution in [3.8, 4) is 0 Å². The van der Waals surface area contributed by atoms with Crippen LogP contribution in [-0.2, 0) is 11.3 Å². The number of hydrogen-bond donors (Lipinski definition) is 1. The predicted octanol–water partition coefficient (Wildman–Crippen LogP) is 3.48. The predicted molar refractivity (Wildman–Crippen MR) is 70.3 cm³/mol. The normalized spacial score (nSPS) is 18.9. The lowest BCUT2D eigenvalue weighted by Gasteiger charge is -2.07. The summed E-state index contributed by atoms with van der Waals surface area (Å²) in [6.45, 7) is 0.644. The highest BCUT2D eigenvalue weighted by Crippen LogP contribution is 2.22. The van der Waals surface area contributed by atoms with Crippen LogP contribution < -0.4 is 5.32 Å². The van der Waals surface area contributed by atoms with E-state index in [1.165, 1.54) is 4.88 Å². The van der Waals surface area contributed by atoms with Gasteiger partial charge in [0.05, 0.1) is 10.3 Å². The fraction of sp³-hybridized carbons (Fsp3) is 0.417. The average molecular weight is 300 g/mol. The molecule has 1 aromatic heterocycles. The lowest BCUT2D eigenvalue weighted by atomic mass is 10.1. The monoisotopic (exact) mass is 299 g/mol. The Bertz CT molecular complexity index is 399.